The summed E-state index contributed by atoms with van der Waals surface area (Å²) in [4.78, 5) is 18.0. The summed E-state index contributed by atoms with van der Waals surface area (Å²) < 4.78 is 0. The van der Waals surface area contributed by atoms with Crippen LogP contribution in [-0.2, 0) is 4.79 Å². The third-order valence-electron chi connectivity index (χ3n) is 4.44. The Morgan fingerprint density at radius 1 is 1.09 bits per heavy atom. The van der Waals surface area contributed by atoms with Crippen molar-refractivity contribution in [1.29, 1.82) is 5.26 Å². The van der Waals surface area contributed by atoms with Crippen LogP contribution in [0, 0.1) is 38.0 Å². The van der Waals surface area contributed by atoms with Gasteiger partial charge in [0.1, 0.15) is 6.29 Å². The highest BCUT2D eigenvalue weighted by molar-refractivity contribution is 5.98. The Balaban J connectivity index is 0.000000278. The fourth-order valence-corrected chi connectivity index (χ4v) is 2.96. The molecule has 2 aromatic carbocycles. The second-order valence-electron chi connectivity index (χ2n) is 7.88. The van der Waals surface area contributed by atoms with Gasteiger partial charge in [0, 0.05) is 37.1 Å². The lowest BCUT2D eigenvalue weighted by Gasteiger charge is -2.09. The summed E-state index contributed by atoms with van der Waals surface area (Å²) in [6.45, 7) is 10.9. The maximum absolute atomic E-state index is 9.50. The minimum absolute atomic E-state index is 0.204. The number of nitrogens with one attached hydrogen (secondary N) is 2. The number of nitrogens with zero attached hydrogens (tertiary/aromatic N) is 3. The van der Waals surface area contributed by atoms with E-state index in [0.29, 0.717) is 11.5 Å². The fourth-order valence-electron chi connectivity index (χ4n) is 2.96. The summed E-state index contributed by atoms with van der Waals surface area (Å²) in [5, 5.41) is 15.0. The van der Waals surface area contributed by atoms with Crippen molar-refractivity contribution in [2.45, 2.75) is 47.5 Å². The molecule has 0 spiro atoms. The molecule has 0 atom stereocenters. The highest BCUT2D eigenvalue weighted by Gasteiger charge is 2.01. The average Bonchev–Trinajstić information content (AvgIpc) is 3.03. The van der Waals surface area contributed by atoms with E-state index in [9.17, 15) is 4.79 Å². The number of aldehydes is 1. The Kier molecular flexibility index (Phi) is 12.1. The highest BCUT2D eigenvalue weighted by atomic mass is 16.1. The average molecular weight is 434 g/mol. The molecule has 1 heterocycles. The molecule has 0 radical (unpaired) electrons. The first-order valence-corrected chi connectivity index (χ1v) is 10.9. The van der Waals surface area contributed by atoms with Gasteiger partial charge in [0.25, 0.3) is 0 Å². The van der Waals surface area contributed by atoms with Gasteiger partial charge in [0.2, 0.25) is 5.96 Å². The van der Waals surface area contributed by atoms with E-state index in [2.05, 4.69) is 59.6 Å². The van der Waals surface area contributed by atoms with Crippen molar-refractivity contribution >= 4 is 29.8 Å². The van der Waals surface area contributed by atoms with E-state index in [0.717, 1.165) is 31.4 Å². The predicted octanol–water partition coefficient (Wildman–Crippen LogP) is 5.69. The van der Waals surface area contributed by atoms with E-state index >= 15 is 0 Å². The van der Waals surface area contributed by atoms with Crippen LogP contribution in [0.5, 0.6) is 0 Å². The molecule has 0 fully saturated rings. The molecule has 0 bridgehead atoms. The number of anilines is 2. The number of hydrogen-bond donors (Lipinski definition) is 2. The summed E-state index contributed by atoms with van der Waals surface area (Å²) >= 11 is 0. The van der Waals surface area contributed by atoms with Gasteiger partial charge in [-0.15, -0.1) is 0 Å². The van der Waals surface area contributed by atoms with Gasteiger partial charge in [-0.05, 0) is 69.0 Å². The quantitative estimate of drug-likeness (QED) is 0.609. The Labute approximate surface area is 192 Å². The van der Waals surface area contributed by atoms with Crippen molar-refractivity contribution < 1.29 is 4.79 Å². The first-order valence-electron chi connectivity index (χ1n) is 10.9. The monoisotopic (exact) mass is 433 g/mol. The fraction of sp³-hybridized carbons (Fsp3) is 0.385. The molecule has 6 nitrogen and oxygen atoms in total. The molecule has 0 unspecified atom stereocenters. The number of carbonyl (C=O) groups excluding carboxylic acids is 1. The van der Waals surface area contributed by atoms with Gasteiger partial charge in [-0.1, -0.05) is 31.5 Å². The van der Waals surface area contributed by atoms with Crippen LogP contribution in [-0.4, -0.2) is 32.1 Å². The van der Waals surface area contributed by atoms with Gasteiger partial charge in [-0.25, -0.2) is 4.99 Å². The van der Waals surface area contributed by atoms with Crippen LogP contribution < -0.4 is 10.6 Å². The maximum atomic E-state index is 9.50. The zero-order valence-corrected chi connectivity index (χ0v) is 20.1. The van der Waals surface area contributed by atoms with Crippen LogP contribution in [0.3, 0.4) is 0 Å². The van der Waals surface area contributed by atoms with Crippen LogP contribution in [0.25, 0.3) is 0 Å². The highest BCUT2D eigenvalue weighted by Crippen LogP contribution is 2.20. The number of aliphatic imine (C=N–C) groups is 2. The van der Waals surface area contributed by atoms with Gasteiger partial charge in [-0.2, -0.15) is 5.26 Å². The molecule has 170 valence electrons. The number of carbonyl (C=O) groups is 1. The molecule has 2 N–H and O–H groups in total. The van der Waals surface area contributed by atoms with Crippen molar-refractivity contribution in [1.82, 2.24) is 0 Å². The minimum Gasteiger partial charge on any atom is -0.388 e. The van der Waals surface area contributed by atoms with Crippen molar-refractivity contribution in [2.24, 2.45) is 15.9 Å². The molecule has 0 saturated heterocycles. The molecule has 0 aromatic heterocycles. The lowest BCUT2D eigenvalue weighted by atomic mass is 10.1. The summed E-state index contributed by atoms with van der Waals surface area (Å²) in [6.07, 6.45) is 4.81. The first-order chi connectivity index (χ1) is 15.3. The SMILES string of the molecule is CC(C)C=O.CNc1c(C)cc(C)cc1C.N#Cc1ccc(NC2=NCCCC=N2)cc1. The van der Waals surface area contributed by atoms with Crippen molar-refractivity contribution in [3.8, 4) is 6.07 Å². The smallest absolute Gasteiger partial charge is 0.222 e. The third-order valence-corrected chi connectivity index (χ3v) is 4.44. The third kappa shape index (κ3) is 10.0. The van der Waals surface area contributed by atoms with Gasteiger partial charge >= 0.3 is 0 Å². The Bertz CT molecular complexity index is 930. The van der Waals surface area contributed by atoms with Gasteiger partial charge in [-0.3, -0.25) is 4.99 Å². The number of rotatable bonds is 3. The van der Waals surface area contributed by atoms with E-state index < -0.39 is 0 Å². The summed E-state index contributed by atoms with van der Waals surface area (Å²) in [6, 6.07) is 13.7. The maximum Gasteiger partial charge on any atom is 0.222 e. The lowest BCUT2D eigenvalue weighted by Crippen LogP contribution is -2.09. The minimum atomic E-state index is 0.204. The molecular formula is C26H35N5O. The van der Waals surface area contributed by atoms with Crippen molar-refractivity contribution in [3.05, 3.63) is 58.7 Å². The topological polar surface area (TPSA) is 89.6 Å². The van der Waals surface area contributed by atoms with Crippen LogP contribution >= 0.6 is 0 Å². The number of aryl methyl sites for hydroxylation is 3. The second-order valence-corrected chi connectivity index (χ2v) is 7.88. The number of hydrogen-bond acceptors (Lipinski definition) is 6. The summed E-state index contributed by atoms with van der Waals surface area (Å²) in [5.74, 6) is 0.845. The van der Waals surface area contributed by atoms with Gasteiger partial charge in [0.15, 0.2) is 0 Å². The summed E-state index contributed by atoms with van der Waals surface area (Å²) in [7, 11) is 1.96. The Morgan fingerprint density at radius 3 is 2.19 bits per heavy atom. The van der Waals surface area contributed by atoms with E-state index in [1.807, 2.05) is 39.2 Å². The van der Waals surface area contributed by atoms with Crippen LogP contribution in [0.15, 0.2) is 46.4 Å². The van der Waals surface area contributed by atoms with Gasteiger partial charge in [0.05, 0.1) is 11.6 Å². The molecule has 0 amide bonds. The van der Waals surface area contributed by atoms with E-state index in [1.54, 1.807) is 12.1 Å². The molecule has 6 heteroatoms. The lowest BCUT2D eigenvalue weighted by molar-refractivity contribution is -0.110. The predicted molar refractivity (Wildman–Crippen MR) is 136 cm³/mol. The Morgan fingerprint density at radius 2 is 1.69 bits per heavy atom. The Hall–Kier alpha value is -3.46. The molecule has 2 aromatic rings. The molecule has 32 heavy (non-hydrogen) atoms. The van der Waals surface area contributed by atoms with Crippen LogP contribution in [0.4, 0.5) is 11.4 Å². The van der Waals surface area contributed by atoms with Crippen molar-refractivity contribution in [2.75, 3.05) is 24.2 Å². The van der Waals surface area contributed by atoms with Crippen LogP contribution in [0.1, 0.15) is 48.9 Å². The second kappa shape index (κ2) is 14.5. The zero-order chi connectivity index (χ0) is 23.9. The van der Waals surface area contributed by atoms with Crippen molar-refractivity contribution in [3.63, 3.8) is 0 Å². The molecule has 0 saturated carbocycles. The molecule has 1 aliphatic rings. The number of benzene rings is 2. The standard InChI is InChI=1S/C12H12N4.C10H15N.C4H8O/c13-9-10-3-5-11(6-4-10)16-12-14-7-1-2-8-15-12;1-7-5-8(2)10(11-4)9(3)6-7;1-4(2)3-5/h3-7H,1-2,8H2,(H,15,16);5-6,11H,1-4H3;3-4H,1-2H3. The van der Waals surface area contributed by atoms with E-state index in [1.165, 1.54) is 22.4 Å². The molecular weight excluding hydrogens is 398 g/mol. The van der Waals surface area contributed by atoms with E-state index in [-0.39, 0.29) is 5.92 Å². The first kappa shape index (κ1) is 26.6. The van der Waals surface area contributed by atoms with E-state index in [4.69, 9.17) is 5.26 Å². The van der Waals surface area contributed by atoms with Gasteiger partial charge < -0.3 is 15.4 Å². The number of guanidine groups is 1. The molecule has 3 rings (SSSR count). The largest absolute Gasteiger partial charge is 0.388 e. The summed E-state index contributed by atoms with van der Waals surface area (Å²) in [5.41, 5.74) is 6.79. The normalized spacial score (nSPS) is 12.1. The zero-order valence-electron chi connectivity index (χ0n) is 20.1. The van der Waals surface area contributed by atoms with Crippen LogP contribution in [0.2, 0.25) is 0 Å². The molecule has 1 aliphatic heterocycles. The number of nitriles is 1. The molecule has 0 aliphatic carbocycles.